The molecule has 0 spiro atoms. The van der Waals surface area contributed by atoms with E-state index in [0.29, 0.717) is 12.1 Å². The molecule has 1 unspecified atom stereocenters. The van der Waals surface area contributed by atoms with Gasteiger partial charge in [0.1, 0.15) is 0 Å². The average Bonchev–Trinajstić information content (AvgIpc) is 2.01. The minimum absolute atomic E-state index is 0.596. The molecule has 0 bridgehead atoms. The molecule has 0 aromatic rings. The summed E-state index contributed by atoms with van der Waals surface area (Å²) in [6.07, 6.45) is 2.56. The van der Waals surface area contributed by atoms with Crippen molar-refractivity contribution in [2.45, 2.75) is 52.6 Å². The summed E-state index contributed by atoms with van der Waals surface area (Å²) in [5, 5.41) is 6.89. The van der Waals surface area contributed by atoms with E-state index in [9.17, 15) is 0 Å². The van der Waals surface area contributed by atoms with Crippen LogP contribution in [0.4, 0.5) is 0 Å². The lowest BCUT2D eigenvalue weighted by Gasteiger charge is -2.16. The van der Waals surface area contributed by atoms with Crippen LogP contribution in [0.25, 0.3) is 0 Å². The van der Waals surface area contributed by atoms with Crippen molar-refractivity contribution in [3.05, 3.63) is 0 Å². The van der Waals surface area contributed by atoms with E-state index in [2.05, 4.69) is 38.3 Å². The Bertz CT molecular complexity index is 91.8. The Kier molecular flexibility index (Phi) is 7.51. The predicted molar refractivity (Wildman–Crippen MR) is 55.5 cm³/mol. The molecule has 0 saturated carbocycles. The van der Waals surface area contributed by atoms with Crippen molar-refractivity contribution in [3.8, 4) is 0 Å². The second-order valence-electron chi connectivity index (χ2n) is 3.77. The van der Waals surface area contributed by atoms with Crippen LogP contribution in [0.3, 0.4) is 0 Å². The number of nitrogens with one attached hydrogen (secondary N) is 2. The maximum Gasteiger partial charge on any atom is 0.0164 e. The topological polar surface area (TPSA) is 24.1 Å². The number of hydrogen-bond acceptors (Lipinski definition) is 2. The van der Waals surface area contributed by atoms with Gasteiger partial charge in [0.2, 0.25) is 0 Å². The lowest BCUT2D eigenvalue weighted by Crippen LogP contribution is -2.39. The summed E-state index contributed by atoms with van der Waals surface area (Å²) in [6, 6.07) is 1.19. The van der Waals surface area contributed by atoms with E-state index in [1.807, 2.05) is 0 Å². The normalized spacial score (nSPS) is 13.8. The highest BCUT2D eigenvalue weighted by molar-refractivity contribution is 4.65. The fourth-order valence-electron chi connectivity index (χ4n) is 1.01. The second kappa shape index (κ2) is 7.56. The van der Waals surface area contributed by atoms with E-state index in [4.69, 9.17) is 0 Å². The van der Waals surface area contributed by atoms with Crippen LogP contribution in [-0.4, -0.2) is 25.2 Å². The SMILES string of the molecule is CCCCNC(C)CNC(C)C. The molecule has 0 aromatic carbocycles. The maximum atomic E-state index is 3.48. The molecular formula is C10H24N2. The Morgan fingerprint density at radius 1 is 1.08 bits per heavy atom. The smallest absolute Gasteiger partial charge is 0.0164 e. The molecule has 0 saturated heterocycles. The number of rotatable bonds is 7. The van der Waals surface area contributed by atoms with Crippen molar-refractivity contribution in [1.82, 2.24) is 10.6 Å². The Labute approximate surface area is 77.1 Å². The highest BCUT2D eigenvalue weighted by atomic mass is 15.0. The molecule has 1 atom stereocenters. The van der Waals surface area contributed by atoms with Gasteiger partial charge in [-0.15, -0.1) is 0 Å². The van der Waals surface area contributed by atoms with Gasteiger partial charge in [-0.3, -0.25) is 0 Å². The third-order valence-electron chi connectivity index (χ3n) is 1.86. The van der Waals surface area contributed by atoms with Gasteiger partial charge in [0.15, 0.2) is 0 Å². The predicted octanol–water partition coefficient (Wildman–Crippen LogP) is 1.76. The molecule has 0 heterocycles. The molecule has 0 rings (SSSR count). The van der Waals surface area contributed by atoms with E-state index < -0.39 is 0 Å². The molecule has 0 fully saturated rings. The molecule has 0 amide bonds. The van der Waals surface area contributed by atoms with Gasteiger partial charge < -0.3 is 10.6 Å². The molecule has 2 heteroatoms. The van der Waals surface area contributed by atoms with Gasteiger partial charge in [0, 0.05) is 18.6 Å². The minimum atomic E-state index is 0.596. The standard InChI is InChI=1S/C10H24N2/c1-5-6-7-11-10(4)8-12-9(2)3/h9-12H,5-8H2,1-4H3. The quantitative estimate of drug-likeness (QED) is 0.572. The Balaban J connectivity index is 3.15. The molecule has 0 radical (unpaired) electrons. The fraction of sp³-hybridized carbons (Fsp3) is 1.00. The van der Waals surface area contributed by atoms with Crippen LogP contribution in [-0.2, 0) is 0 Å². The largest absolute Gasteiger partial charge is 0.313 e. The zero-order valence-corrected chi connectivity index (χ0v) is 8.98. The third-order valence-corrected chi connectivity index (χ3v) is 1.86. The summed E-state index contributed by atoms with van der Waals surface area (Å²) in [5.74, 6) is 0. The van der Waals surface area contributed by atoms with Crippen LogP contribution < -0.4 is 10.6 Å². The molecule has 74 valence electrons. The number of unbranched alkanes of at least 4 members (excludes halogenated alkanes) is 1. The first-order valence-electron chi connectivity index (χ1n) is 5.13. The van der Waals surface area contributed by atoms with Gasteiger partial charge in [-0.25, -0.2) is 0 Å². The molecule has 2 N–H and O–H groups in total. The van der Waals surface area contributed by atoms with Gasteiger partial charge in [0.05, 0.1) is 0 Å². The van der Waals surface area contributed by atoms with Gasteiger partial charge in [-0.05, 0) is 19.9 Å². The fourth-order valence-corrected chi connectivity index (χ4v) is 1.01. The third kappa shape index (κ3) is 8.02. The zero-order chi connectivity index (χ0) is 9.40. The van der Waals surface area contributed by atoms with Crippen LogP contribution >= 0.6 is 0 Å². The van der Waals surface area contributed by atoms with Crippen molar-refractivity contribution >= 4 is 0 Å². The molecule has 0 aliphatic heterocycles. The van der Waals surface area contributed by atoms with Crippen molar-refractivity contribution < 1.29 is 0 Å². The summed E-state index contributed by atoms with van der Waals surface area (Å²) in [6.45, 7) is 11.0. The molecular weight excluding hydrogens is 148 g/mol. The first-order valence-corrected chi connectivity index (χ1v) is 5.13. The van der Waals surface area contributed by atoms with E-state index in [1.165, 1.54) is 12.8 Å². The lowest BCUT2D eigenvalue weighted by atomic mass is 10.2. The summed E-state index contributed by atoms with van der Waals surface area (Å²) in [5.41, 5.74) is 0. The van der Waals surface area contributed by atoms with Gasteiger partial charge >= 0.3 is 0 Å². The van der Waals surface area contributed by atoms with E-state index >= 15 is 0 Å². The summed E-state index contributed by atoms with van der Waals surface area (Å²) < 4.78 is 0. The van der Waals surface area contributed by atoms with Crippen LogP contribution in [0.2, 0.25) is 0 Å². The first kappa shape index (κ1) is 11.9. The Morgan fingerprint density at radius 2 is 1.75 bits per heavy atom. The maximum absolute atomic E-state index is 3.48. The van der Waals surface area contributed by atoms with Gasteiger partial charge in [-0.2, -0.15) is 0 Å². The van der Waals surface area contributed by atoms with Crippen molar-refractivity contribution in [3.63, 3.8) is 0 Å². The monoisotopic (exact) mass is 172 g/mol. The van der Waals surface area contributed by atoms with E-state index in [-0.39, 0.29) is 0 Å². The molecule has 2 nitrogen and oxygen atoms in total. The first-order chi connectivity index (χ1) is 5.66. The van der Waals surface area contributed by atoms with E-state index in [0.717, 1.165) is 13.1 Å². The summed E-state index contributed by atoms with van der Waals surface area (Å²) >= 11 is 0. The second-order valence-corrected chi connectivity index (χ2v) is 3.77. The molecule has 12 heavy (non-hydrogen) atoms. The summed E-state index contributed by atoms with van der Waals surface area (Å²) in [7, 11) is 0. The highest BCUT2D eigenvalue weighted by Crippen LogP contribution is 1.86. The molecule has 0 aromatic heterocycles. The lowest BCUT2D eigenvalue weighted by molar-refractivity contribution is 0.469. The van der Waals surface area contributed by atoms with Crippen LogP contribution in [0.5, 0.6) is 0 Å². The van der Waals surface area contributed by atoms with Crippen LogP contribution in [0, 0.1) is 0 Å². The van der Waals surface area contributed by atoms with Crippen LogP contribution in [0.1, 0.15) is 40.5 Å². The van der Waals surface area contributed by atoms with Crippen LogP contribution in [0.15, 0.2) is 0 Å². The van der Waals surface area contributed by atoms with E-state index in [1.54, 1.807) is 0 Å². The number of hydrogen-bond donors (Lipinski definition) is 2. The molecule has 0 aliphatic rings. The van der Waals surface area contributed by atoms with Crippen molar-refractivity contribution in [2.75, 3.05) is 13.1 Å². The van der Waals surface area contributed by atoms with Gasteiger partial charge in [-0.1, -0.05) is 27.2 Å². The van der Waals surface area contributed by atoms with Gasteiger partial charge in [0.25, 0.3) is 0 Å². The minimum Gasteiger partial charge on any atom is -0.313 e. The summed E-state index contributed by atoms with van der Waals surface area (Å²) in [4.78, 5) is 0. The zero-order valence-electron chi connectivity index (χ0n) is 8.98. The Morgan fingerprint density at radius 3 is 2.25 bits per heavy atom. The highest BCUT2D eigenvalue weighted by Gasteiger charge is 2.00. The van der Waals surface area contributed by atoms with Crippen molar-refractivity contribution in [2.24, 2.45) is 0 Å². The Hall–Kier alpha value is -0.0800. The molecule has 0 aliphatic carbocycles. The average molecular weight is 172 g/mol. The van der Waals surface area contributed by atoms with Crippen molar-refractivity contribution in [1.29, 1.82) is 0 Å².